The minimum atomic E-state index is -0.584. The molecule has 118 valence electrons. The average Bonchev–Trinajstić information content (AvgIpc) is 2.86. The second-order valence-electron chi connectivity index (χ2n) is 5.59. The standard InChI is InChI=1S/C12H21ClFN7/c1-19(2)7-5-21(6-8(7)20(3)4)11-9(14)10(18-15)16-12(13)17-11/h7-8H,5-6,15H2,1-4H3,(H,16,17,18). The van der Waals surface area contributed by atoms with Gasteiger partial charge in [-0.2, -0.15) is 14.4 Å². The van der Waals surface area contributed by atoms with E-state index in [1.165, 1.54) is 0 Å². The quantitative estimate of drug-likeness (QED) is 0.468. The van der Waals surface area contributed by atoms with E-state index in [0.29, 0.717) is 13.1 Å². The highest BCUT2D eigenvalue weighted by atomic mass is 35.5. The van der Waals surface area contributed by atoms with Crippen LogP contribution in [0.3, 0.4) is 0 Å². The number of nitrogens with two attached hydrogens (primary N) is 1. The largest absolute Gasteiger partial charge is 0.351 e. The van der Waals surface area contributed by atoms with Crippen LogP contribution in [-0.4, -0.2) is 73.1 Å². The molecule has 21 heavy (non-hydrogen) atoms. The van der Waals surface area contributed by atoms with Crippen LogP contribution in [0.1, 0.15) is 0 Å². The van der Waals surface area contributed by atoms with E-state index >= 15 is 0 Å². The molecular weight excluding hydrogens is 297 g/mol. The summed E-state index contributed by atoms with van der Waals surface area (Å²) in [4.78, 5) is 13.9. The predicted octanol–water partition coefficient (Wildman–Crippen LogP) is 0.235. The second-order valence-corrected chi connectivity index (χ2v) is 5.93. The van der Waals surface area contributed by atoms with Crippen molar-refractivity contribution < 1.29 is 4.39 Å². The minimum Gasteiger partial charge on any atom is -0.351 e. The first kappa shape index (κ1) is 16.2. The number of anilines is 2. The molecule has 1 aromatic heterocycles. The van der Waals surface area contributed by atoms with Crippen LogP contribution >= 0.6 is 11.6 Å². The van der Waals surface area contributed by atoms with Crippen molar-refractivity contribution in [3.8, 4) is 0 Å². The average molecular weight is 318 g/mol. The molecule has 2 atom stereocenters. The lowest BCUT2D eigenvalue weighted by atomic mass is 10.1. The van der Waals surface area contributed by atoms with Crippen molar-refractivity contribution in [3.63, 3.8) is 0 Å². The van der Waals surface area contributed by atoms with Gasteiger partial charge in [0.05, 0.1) is 0 Å². The van der Waals surface area contributed by atoms with Gasteiger partial charge in [-0.15, -0.1) is 0 Å². The molecule has 1 aromatic rings. The Bertz CT molecular complexity index is 495. The molecule has 0 radical (unpaired) electrons. The monoisotopic (exact) mass is 317 g/mol. The Kier molecular flexibility index (Phi) is 4.82. The summed E-state index contributed by atoms with van der Waals surface area (Å²) in [6.45, 7) is 1.31. The van der Waals surface area contributed by atoms with E-state index in [-0.39, 0.29) is 29.0 Å². The molecule has 2 rings (SSSR count). The Morgan fingerprint density at radius 2 is 1.71 bits per heavy atom. The minimum absolute atomic E-state index is 0.0333. The van der Waals surface area contributed by atoms with Gasteiger partial charge in [0.25, 0.3) is 0 Å². The Morgan fingerprint density at radius 1 is 1.19 bits per heavy atom. The third-order valence-corrected chi connectivity index (χ3v) is 4.00. The summed E-state index contributed by atoms with van der Waals surface area (Å²) in [6.07, 6.45) is 0. The molecule has 0 aromatic carbocycles. The second kappa shape index (κ2) is 6.27. The number of nitrogen functional groups attached to an aromatic ring is 1. The molecule has 0 amide bonds. The molecule has 2 heterocycles. The Labute approximate surface area is 128 Å². The number of nitrogens with one attached hydrogen (secondary N) is 1. The molecule has 2 unspecified atom stereocenters. The van der Waals surface area contributed by atoms with Gasteiger partial charge < -0.3 is 20.1 Å². The lowest BCUT2D eigenvalue weighted by Crippen LogP contribution is -2.45. The maximum absolute atomic E-state index is 14.4. The van der Waals surface area contributed by atoms with Crippen molar-refractivity contribution in [2.24, 2.45) is 5.84 Å². The fourth-order valence-corrected chi connectivity index (χ4v) is 2.84. The number of likely N-dealkylation sites (N-methyl/N-ethyl adjacent to an activating group) is 2. The van der Waals surface area contributed by atoms with Crippen molar-refractivity contribution in [1.29, 1.82) is 0 Å². The molecule has 1 aliphatic heterocycles. The zero-order valence-corrected chi connectivity index (χ0v) is 13.4. The van der Waals surface area contributed by atoms with E-state index in [2.05, 4.69) is 25.2 Å². The smallest absolute Gasteiger partial charge is 0.226 e. The first-order chi connectivity index (χ1) is 9.85. The van der Waals surface area contributed by atoms with E-state index in [9.17, 15) is 4.39 Å². The number of rotatable bonds is 4. The summed E-state index contributed by atoms with van der Waals surface area (Å²) in [5.41, 5.74) is 2.21. The Balaban J connectivity index is 2.33. The van der Waals surface area contributed by atoms with Crippen LogP contribution in [0.4, 0.5) is 16.0 Å². The fourth-order valence-electron chi connectivity index (χ4n) is 2.67. The molecule has 3 N–H and O–H groups in total. The van der Waals surface area contributed by atoms with E-state index in [0.717, 1.165) is 0 Å². The van der Waals surface area contributed by atoms with E-state index in [1.807, 2.05) is 33.1 Å². The van der Waals surface area contributed by atoms with Gasteiger partial charge >= 0.3 is 0 Å². The number of halogens is 2. The fraction of sp³-hybridized carbons (Fsp3) is 0.667. The summed E-state index contributed by atoms with van der Waals surface area (Å²) >= 11 is 5.85. The Hall–Kier alpha value is -1.22. The maximum atomic E-state index is 14.4. The number of hydrogen-bond donors (Lipinski definition) is 2. The summed E-state index contributed by atoms with van der Waals surface area (Å²) in [5.74, 6) is 4.76. The highest BCUT2D eigenvalue weighted by molar-refractivity contribution is 6.28. The molecule has 1 fully saturated rings. The van der Waals surface area contributed by atoms with Gasteiger partial charge in [0.15, 0.2) is 11.6 Å². The molecule has 0 bridgehead atoms. The molecule has 1 saturated heterocycles. The third kappa shape index (κ3) is 3.18. The first-order valence-corrected chi connectivity index (χ1v) is 7.00. The van der Waals surface area contributed by atoms with Crippen molar-refractivity contribution in [2.45, 2.75) is 12.1 Å². The van der Waals surface area contributed by atoms with Crippen LogP contribution in [0.25, 0.3) is 0 Å². The van der Waals surface area contributed by atoms with E-state index in [1.54, 1.807) is 0 Å². The normalized spacial score (nSPS) is 22.4. The van der Waals surface area contributed by atoms with E-state index in [4.69, 9.17) is 17.4 Å². The van der Waals surface area contributed by atoms with Gasteiger partial charge in [0.2, 0.25) is 11.1 Å². The highest BCUT2D eigenvalue weighted by Gasteiger charge is 2.37. The SMILES string of the molecule is CN(C)C1CN(c2nc(Cl)nc(NN)c2F)CC1N(C)C. The van der Waals surface area contributed by atoms with Gasteiger partial charge in [-0.1, -0.05) is 0 Å². The van der Waals surface area contributed by atoms with Crippen LogP contribution in [0.2, 0.25) is 5.28 Å². The zero-order valence-electron chi connectivity index (χ0n) is 12.6. The van der Waals surface area contributed by atoms with Gasteiger partial charge in [0, 0.05) is 25.2 Å². The van der Waals surface area contributed by atoms with Crippen LogP contribution in [0, 0.1) is 5.82 Å². The molecule has 7 nitrogen and oxygen atoms in total. The molecule has 9 heteroatoms. The summed E-state index contributed by atoms with van der Waals surface area (Å²) < 4.78 is 14.4. The predicted molar refractivity (Wildman–Crippen MR) is 82.0 cm³/mol. The molecule has 0 saturated carbocycles. The molecular formula is C12H21ClFN7. The summed E-state index contributed by atoms with van der Waals surface area (Å²) in [7, 11) is 8.06. The lowest BCUT2D eigenvalue weighted by Gasteiger charge is -2.29. The Morgan fingerprint density at radius 3 is 2.14 bits per heavy atom. The molecule has 0 spiro atoms. The number of nitrogens with zero attached hydrogens (tertiary/aromatic N) is 5. The third-order valence-electron chi connectivity index (χ3n) is 3.83. The van der Waals surface area contributed by atoms with Crippen LogP contribution in [0.5, 0.6) is 0 Å². The van der Waals surface area contributed by atoms with Crippen molar-refractivity contribution in [2.75, 3.05) is 51.6 Å². The topological polar surface area (TPSA) is 73.5 Å². The van der Waals surface area contributed by atoms with Crippen molar-refractivity contribution in [1.82, 2.24) is 19.8 Å². The van der Waals surface area contributed by atoms with Crippen LogP contribution < -0.4 is 16.2 Å². The van der Waals surface area contributed by atoms with Gasteiger partial charge in [-0.25, -0.2) is 5.84 Å². The molecule has 0 aliphatic carbocycles. The zero-order chi connectivity index (χ0) is 15.7. The van der Waals surface area contributed by atoms with E-state index < -0.39 is 5.82 Å². The van der Waals surface area contributed by atoms with Crippen molar-refractivity contribution >= 4 is 23.2 Å². The summed E-state index contributed by atoms with van der Waals surface area (Å²) in [5, 5.41) is -0.0333. The van der Waals surface area contributed by atoms with Crippen LogP contribution in [0.15, 0.2) is 0 Å². The highest BCUT2D eigenvalue weighted by Crippen LogP contribution is 2.28. The van der Waals surface area contributed by atoms with Gasteiger partial charge in [-0.3, -0.25) is 0 Å². The lowest BCUT2D eigenvalue weighted by molar-refractivity contribution is 0.191. The molecule has 1 aliphatic rings. The maximum Gasteiger partial charge on any atom is 0.226 e. The van der Waals surface area contributed by atoms with Gasteiger partial charge in [-0.05, 0) is 39.8 Å². The number of hydrazine groups is 1. The summed E-state index contributed by atoms with van der Waals surface area (Å²) in [6, 6.07) is 0.532. The first-order valence-electron chi connectivity index (χ1n) is 6.62. The number of hydrogen-bond acceptors (Lipinski definition) is 7. The van der Waals surface area contributed by atoms with Crippen molar-refractivity contribution in [3.05, 3.63) is 11.1 Å². The number of aromatic nitrogens is 2. The van der Waals surface area contributed by atoms with Crippen LogP contribution in [-0.2, 0) is 0 Å². The van der Waals surface area contributed by atoms with Gasteiger partial charge in [0.1, 0.15) is 0 Å².